The first-order valence-corrected chi connectivity index (χ1v) is 3.93. The largest absolute Gasteiger partial charge is 0.364 e. The first-order valence-electron chi connectivity index (χ1n) is 3.93. The molecule has 1 N–H and O–H groups in total. The Kier molecular flexibility index (Phi) is 1.99. The second-order valence-electron chi connectivity index (χ2n) is 3.83. The van der Waals surface area contributed by atoms with E-state index in [0.29, 0.717) is 6.61 Å². The van der Waals surface area contributed by atoms with Gasteiger partial charge >= 0.3 is 0 Å². The van der Waals surface area contributed by atoms with Gasteiger partial charge in [-0.15, -0.1) is 0 Å². The smallest absolute Gasteiger partial charge is 0.182 e. The summed E-state index contributed by atoms with van der Waals surface area (Å²) in [6.45, 7) is 7.90. The summed E-state index contributed by atoms with van der Waals surface area (Å²) >= 11 is 0. The molecule has 11 heavy (non-hydrogen) atoms. The number of rotatable bonds is 0. The Bertz CT molecular complexity index is 154. The molecule has 65 valence electrons. The molecule has 2 unspecified atom stereocenters. The number of morpholine rings is 1. The van der Waals surface area contributed by atoms with Crippen LogP contribution in [0, 0.1) is 0 Å². The zero-order chi connectivity index (χ0) is 8.70. The van der Waals surface area contributed by atoms with Crippen LogP contribution in [-0.2, 0) is 4.74 Å². The highest BCUT2D eigenvalue weighted by molar-refractivity contribution is 4.94. The molecule has 1 radical (unpaired) electrons. The molecule has 0 aromatic carbocycles. The molecule has 1 aliphatic heterocycles. The zero-order valence-corrected chi connectivity index (χ0v) is 7.59. The van der Waals surface area contributed by atoms with Crippen molar-refractivity contribution in [1.82, 2.24) is 5.32 Å². The summed E-state index contributed by atoms with van der Waals surface area (Å²) in [6, 6.07) is 0.185. The fraction of sp³-hybridized carbons (Fsp3) is 1.00. The summed E-state index contributed by atoms with van der Waals surface area (Å²) in [6.07, 6.45) is 0. The minimum atomic E-state index is -1.11. The minimum Gasteiger partial charge on any atom is -0.364 e. The van der Waals surface area contributed by atoms with E-state index >= 15 is 0 Å². The van der Waals surface area contributed by atoms with Crippen molar-refractivity contribution in [2.45, 2.75) is 45.1 Å². The van der Waals surface area contributed by atoms with Gasteiger partial charge in [-0.05, 0) is 27.7 Å². The van der Waals surface area contributed by atoms with Crippen molar-refractivity contribution in [3.8, 4) is 0 Å². The summed E-state index contributed by atoms with van der Waals surface area (Å²) < 4.78 is 5.25. The highest BCUT2D eigenvalue weighted by Crippen LogP contribution is 2.28. The topological polar surface area (TPSA) is 43.6 Å². The molecule has 0 amide bonds. The van der Waals surface area contributed by atoms with Gasteiger partial charge < -0.3 is 9.84 Å². The lowest BCUT2D eigenvalue weighted by molar-refractivity contribution is -0.260. The molecule has 0 saturated carbocycles. The van der Waals surface area contributed by atoms with E-state index in [-0.39, 0.29) is 6.04 Å². The Morgan fingerprint density at radius 2 is 2.00 bits per heavy atom. The molecule has 3 nitrogen and oxygen atoms in total. The van der Waals surface area contributed by atoms with Gasteiger partial charge in [-0.2, -0.15) is 0 Å². The van der Waals surface area contributed by atoms with Gasteiger partial charge in [-0.1, -0.05) is 0 Å². The highest BCUT2D eigenvalue weighted by Gasteiger charge is 2.45. The number of hydrogen-bond acceptors (Lipinski definition) is 2. The lowest BCUT2D eigenvalue weighted by atomic mass is 9.92. The average molecular weight is 158 g/mol. The van der Waals surface area contributed by atoms with E-state index in [1.165, 1.54) is 0 Å². The Hall–Kier alpha value is -0.120. The van der Waals surface area contributed by atoms with Gasteiger partial charge in [-0.25, -0.2) is 5.32 Å². The SMILES string of the molecule is CC1COC(C)(O)C(C)(C)[N]1. The van der Waals surface area contributed by atoms with Crippen molar-refractivity contribution in [3.63, 3.8) is 0 Å². The Labute approximate surface area is 67.7 Å². The summed E-state index contributed by atoms with van der Waals surface area (Å²) in [4.78, 5) is 0. The number of nitrogens with zero attached hydrogens (tertiary/aromatic N) is 1. The molecule has 0 aromatic rings. The molecule has 0 aliphatic carbocycles. The van der Waals surface area contributed by atoms with Gasteiger partial charge in [0.15, 0.2) is 5.79 Å². The lowest BCUT2D eigenvalue weighted by Gasteiger charge is -2.45. The fourth-order valence-electron chi connectivity index (χ4n) is 1.17. The molecule has 0 bridgehead atoms. The maximum Gasteiger partial charge on any atom is 0.182 e. The Morgan fingerprint density at radius 1 is 1.45 bits per heavy atom. The van der Waals surface area contributed by atoms with Gasteiger partial charge in [0, 0.05) is 6.04 Å². The van der Waals surface area contributed by atoms with Crippen LogP contribution in [0.3, 0.4) is 0 Å². The van der Waals surface area contributed by atoms with Gasteiger partial charge in [0.25, 0.3) is 0 Å². The monoisotopic (exact) mass is 158 g/mol. The van der Waals surface area contributed by atoms with Gasteiger partial charge in [0.1, 0.15) is 0 Å². The minimum absolute atomic E-state index is 0.185. The van der Waals surface area contributed by atoms with Crippen LogP contribution in [0.25, 0.3) is 0 Å². The molecule has 0 spiro atoms. The molecule has 1 heterocycles. The number of ether oxygens (including phenoxy) is 1. The fourth-order valence-corrected chi connectivity index (χ4v) is 1.17. The average Bonchev–Trinajstić information content (AvgIpc) is 1.80. The first kappa shape index (κ1) is 8.97. The van der Waals surface area contributed by atoms with Crippen LogP contribution in [0.5, 0.6) is 0 Å². The van der Waals surface area contributed by atoms with E-state index in [4.69, 9.17) is 4.74 Å². The Balaban J connectivity index is 2.72. The van der Waals surface area contributed by atoms with Crippen molar-refractivity contribution in [1.29, 1.82) is 0 Å². The van der Waals surface area contributed by atoms with Crippen LogP contribution in [-0.4, -0.2) is 29.1 Å². The second-order valence-corrected chi connectivity index (χ2v) is 3.83. The molecule has 1 fully saturated rings. The summed E-state index contributed by atoms with van der Waals surface area (Å²) in [7, 11) is 0. The van der Waals surface area contributed by atoms with Gasteiger partial charge in [0.2, 0.25) is 0 Å². The molecule has 0 aromatic heterocycles. The third-order valence-corrected chi connectivity index (χ3v) is 2.28. The quantitative estimate of drug-likeness (QED) is 0.557. The van der Waals surface area contributed by atoms with Gasteiger partial charge in [0.05, 0.1) is 12.1 Å². The predicted molar refractivity (Wildman–Crippen MR) is 42.3 cm³/mol. The van der Waals surface area contributed by atoms with E-state index in [0.717, 1.165) is 0 Å². The summed E-state index contributed by atoms with van der Waals surface area (Å²) in [5.74, 6) is -1.11. The Morgan fingerprint density at radius 3 is 2.36 bits per heavy atom. The van der Waals surface area contributed by atoms with Crippen molar-refractivity contribution in [2.24, 2.45) is 0 Å². The van der Waals surface area contributed by atoms with Crippen LogP contribution in [0.1, 0.15) is 27.7 Å². The maximum absolute atomic E-state index is 9.70. The van der Waals surface area contributed by atoms with E-state index in [2.05, 4.69) is 5.32 Å². The van der Waals surface area contributed by atoms with Crippen LogP contribution in [0.15, 0.2) is 0 Å². The number of hydrogen-bond donors (Lipinski definition) is 1. The van der Waals surface area contributed by atoms with Crippen molar-refractivity contribution < 1.29 is 9.84 Å². The van der Waals surface area contributed by atoms with Crippen LogP contribution < -0.4 is 5.32 Å². The third-order valence-electron chi connectivity index (χ3n) is 2.28. The first-order chi connectivity index (χ1) is 4.85. The molecule has 1 rings (SSSR count). The van der Waals surface area contributed by atoms with E-state index in [1.54, 1.807) is 6.92 Å². The highest BCUT2D eigenvalue weighted by atomic mass is 16.6. The molecule has 2 atom stereocenters. The molecular formula is C8H16NO2. The third kappa shape index (κ3) is 1.55. The molecule has 1 saturated heterocycles. The van der Waals surface area contributed by atoms with E-state index in [1.807, 2.05) is 20.8 Å². The normalized spacial score (nSPS) is 43.9. The van der Waals surface area contributed by atoms with Crippen molar-refractivity contribution in [3.05, 3.63) is 0 Å². The van der Waals surface area contributed by atoms with E-state index < -0.39 is 11.3 Å². The van der Waals surface area contributed by atoms with Crippen LogP contribution >= 0.6 is 0 Å². The predicted octanol–water partition coefficient (Wildman–Crippen LogP) is 0.497. The maximum atomic E-state index is 9.70. The lowest BCUT2D eigenvalue weighted by Crippen LogP contribution is -2.62. The second kappa shape index (κ2) is 2.44. The van der Waals surface area contributed by atoms with Crippen molar-refractivity contribution in [2.75, 3.05) is 6.61 Å². The van der Waals surface area contributed by atoms with Crippen molar-refractivity contribution >= 4 is 0 Å². The van der Waals surface area contributed by atoms with Gasteiger partial charge in [-0.3, -0.25) is 0 Å². The van der Waals surface area contributed by atoms with Crippen LogP contribution in [0.4, 0.5) is 0 Å². The van der Waals surface area contributed by atoms with Crippen LogP contribution in [0.2, 0.25) is 0 Å². The molecule has 1 aliphatic rings. The summed E-state index contributed by atoms with van der Waals surface area (Å²) in [5.41, 5.74) is -0.495. The standard InChI is InChI=1S/C8H16NO2/c1-6-5-11-8(4,10)7(2,3)9-6/h6,10H,5H2,1-4H3. The van der Waals surface area contributed by atoms with E-state index in [9.17, 15) is 5.11 Å². The zero-order valence-electron chi connectivity index (χ0n) is 7.59. The molecule has 3 heteroatoms. The number of aliphatic hydroxyl groups is 1. The molecular weight excluding hydrogens is 142 g/mol. The summed E-state index contributed by atoms with van der Waals surface area (Å²) in [5, 5.41) is 14.1.